The molecule has 0 radical (unpaired) electrons. The van der Waals surface area contributed by atoms with Crippen molar-refractivity contribution in [3.8, 4) is 0 Å². The molecule has 2 atom stereocenters. The van der Waals surface area contributed by atoms with Crippen LogP contribution in [0, 0.1) is 11.6 Å². The molecule has 2 amide bonds. The second-order valence-corrected chi connectivity index (χ2v) is 11.0. The van der Waals surface area contributed by atoms with Gasteiger partial charge in [0.05, 0.1) is 5.41 Å². The molecule has 1 spiro atoms. The minimum Gasteiger partial charge on any atom is -0.343 e. The van der Waals surface area contributed by atoms with Crippen molar-refractivity contribution in [2.45, 2.75) is 68.5 Å². The Hall–Kier alpha value is -3.90. The summed E-state index contributed by atoms with van der Waals surface area (Å²) < 4.78 is 70.1. The third kappa shape index (κ3) is 4.95. The number of likely N-dealkylation sites (tertiary alicyclic amines) is 1. The monoisotopic (exact) mass is 574 g/mol. The van der Waals surface area contributed by atoms with Crippen LogP contribution in [0.5, 0.6) is 0 Å². The molecule has 0 saturated carbocycles. The van der Waals surface area contributed by atoms with Crippen molar-refractivity contribution in [1.82, 2.24) is 24.6 Å². The first-order chi connectivity index (χ1) is 19.6. The quantitative estimate of drug-likeness (QED) is 0.460. The van der Waals surface area contributed by atoms with E-state index >= 15 is 0 Å². The fourth-order valence-electron chi connectivity index (χ4n) is 6.50. The molecule has 216 valence electrons. The lowest BCUT2D eigenvalue weighted by Gasteiger charge is -2.38. The average molecular weight is 575 g/mol. The molecule has 8 nitrogen and oxygen atoms in total. The van der Waals surface area contributed by atoms with Gasteiger partial charge in [0, 0.05) is 49.7 Å². The summed E-state index contributed by atoms with van der Waals surface area (Å²) in [6.45, 7) is 0.598. The highest BCUT2D eigenvalue weighted by Gasteiger charge is 2.49. The van der Waals surface area contributed by atoms with Gasteiger partial charge in [-0.25, -0.2) is 13.8 Å². The molecule has 0 bridgehead atoms. The van der Waals surface area contributed by atoms with Crippen molar-refractivity contribution < 1.29 is 31.5 Å². The molecule has 3 aliphatic heterocycles. The number of pyridine rings is 1. The van der Waals surface area contributed by atoms with E-state index < -0.39 is 41.5 Å². The Morgan fingerprint density at radius 2 is 1.85 bits per heavy atom. The summed E-state index contributed by atoms with van der Waals surface area (Å²) in [6, 6.07) is 7.43. The molecule has 1 aromatic carbocycles. The Balaban J connectivity index is 1.22. The smallest absolute Gasteiger partial charge is 0.343 e. The topological polar surface area (TPSA) is 93.0 Å². The highest BCUT2D eigenvalue weighted by atomic mass is 19.4. The van der Waals surface area contributed by atoms with Gasteiger partial charge in [0.25, 0.3) is 0 Å². The standard InChI is InChI=1S/C28H27F5N6O2/c29-20-5-1-3-18(23(20)30)17-7-6-16(25-37-36-21(39(25)15-17)14-28(31,32)33)13-22(40)38-11-8-27(9-12-38)19-4-2-10-34-24(19)35-26(27)41/h1-5,10,16-17H,6-9,11-15H2,(H,34,35,41)/t16-,17-/m0/s1. The van der Waals surface area contributed by atoms with Crippen LogP contribution < -0.4 is 5.32 Å². The summed E-state index contributed by atoms with van der Waals surface area (Å²) >= 11 is 0. The molecule has 1 fully saturated rings. The largest absolute Gasteiger partial charge is 0.396 e. The highest BCUT2D eigenvalue weighted by Crippen LogP contribution is 2.44. The van der Waals surface area contributed by atoms with Crippen molar-refractivity contribution >= 4 is 17.6 Å². The van der Waals surface area contributed by atoms with Crippen LogP contribution in [-0.4, -0.2) is 55.7 Å². The molecule has 41 heavy (non-hydrogen) atoms. The van der Waals surface area contributed by atoms with Gasteiger partial charge in [-0.05, 0) is 43.4 Å². The van der Waals surface area contributed by atoms with E-state index in [0.717, 1.165) is 11.6 Å². The molecular formula is C28H27F5N6O2. The molecule has 1 saturated heterocycles. The number of fused-ring (bicyclic) bond motifs is 3. The lowest BCUT2D eigenvalue weighted by Crippen LogP contribution is -2.48. The number of nitrogens with one attached hydrogen (secondary N) is 1. The maximum atomic E-state index is 14.7. The lowest BCUT2D eigenvalue weighted by atomic mass is 9.74. The zero-order chi connectivity index (χ0) is 28.9. The van der Waals surface area contributed by atoms with Crippen molar-refractivity contribution in [1.29, 1.82) is 0 Å². The lowest BCUT2D eigenvalue weighted by molar-refractivity contribution is -0.135. The molecule has 5 heterocycles. The van der Waals surface area contributed by atoms with Gasteiger partial charge in [-0.3, -0.25) is 9.59 Å². The predicted molar refractivity (Wildman–Crippen MR) is 136 cm³/mol. The number of aromatic nitrogens is 4. The van der Waals surface area contributed by atoms with E-state index in [1.165, 1.54) is 16.7 Å². The fourth-order valence-corrected chi connectivity index (χ4v) is 6.50. The zero-order valence-electron chi connectivity index (χ0n) is 21.9. The van der Waals surface area contributed by atoms with Gasteiger partial charge in [-0.2, -0.15) is 13.2 Å². The van der Waals surface area contributed by atoms with Crippen LogP contribution in [0.25, 0.3) is 0 Å². The van der Waals surface area contributed by atoms with Crippen LogP contribution in [0.15, 0.2) is 36.5 Å². The van der Waals surface area contributed by atoms with Crippen LogP contribution in [-0.2, 0) is 28.0 Å². The summed E-state index contributed by atoms with van der Waals surface area (Å²) in [5, 5.41) is 10.7. The third-order valence-corrected chi connectivity index (χ3v) is 8.65. The van der Waals surface area contributed by atoms with Crippen molar-refractivity contribution in [3.05, 3.63) is 70.9 Å². The maximum absolute atomic E-state index is 14.7. The van der Waals surface area contributed by atoms with E-state index in [-0.39, 0.29) is 42.0 Å². The number of carbonyl (C=O) groups is 2. The van der Waals surface area contributed by atoms with Gasteiger partial charge in [0.1, 0.15) is 23.9 Å². The normalized spacial score (nSPS) is 21.8. The number of anilines is 1. The second kappa shape index (κ2) is 10.2. The van der Waals surface area contributed by atoms with Gasteiger partial charge < -0.3 is 14.8 Å². The van der Waals surface area contributed by atoms with E-state index in [9.17, 15) is 31.5 Å². The Kier molecular flexibility index (Phi) is 6.77. The third-order valence-electron chi connectivity index (χ3n) is 8.65. The molecule has 0 aliphatic carbocycles. The molecule has 6 rings (SSSR count). The zero-order valence-corrected chi connectivity index (χ0v) is 21.9. The molecule has 3 aromatic rings. The Morgan fingerprint density at radius 3 is 2.61 bits per heavy atom. The van der Waals surface area contributed by atoms with Crippen LogP contribution in [0.4, 0.5) is 27.8 Å². The van der Waals surface area contributed by atoms with Crippen LogP contribution in [0.1, 0.15) is 66.7 Å². The first-order valence-electron chi connectivity index (χ1n) is 13.5. The Morgan fingerprint density at radius 1 is 1.07 bits per heavy atom. The number of hydrogen-bond acceptors (Lipinski definition) is 5. The number of benzene rings is 1. The van der Waals surface area contributed by atoms with Gasteiger partial charge in [0.15, 0.2) is 11.6 Å². The summed E-state index contributed by atoms with van der Waals surface area (Å²) in [4.78, 5) is 32.2. The van der Waals surface area contributed by atoms with E-state index in [1.54, 1.807) is 17.2 Å². The van der Waals surface area contributed by atoms with Gasteiger partial charge >= 0.3 is 6.18 Å². The average Bonchev–Trinajstić information content (AvgIpc) is 3.37. The van der Waals surface area contributed by atoms with Crippen molar-refractivity contribution in [3.63, 3.8) is 0 Å². The summed E-state index contributed by atoms with van der Waals surface area (Å²) in [6.07, 6.45) is -2.82. The summed E-state index contributed by atoms with van der Waals surface area (Å²) in [5.41, 5.74) is 0.139. The SMILES string of the molecule is O=C(C[C@@H]1CC[C@H](c2cccc(F)c2F)Cn2c(CC(F)(F)F)nnc21)N1CCC2(CC1)C(=O)Nc1ncccc12. The first-order valence-corrected chi connectivity index (χ1v) is 13.5. The van der Waals surface area contributed by atoms with E-state index in [0.29, 0.717) is 44.6 Å². The van der Waals surface area contributed by atoms with Crippen LogP contribution >= 0.6 is 0 Å². The second-order valence-electron chi connectivity index (χ2n) is 11.0. The van der Waals surface area contributed by atoms with E-state index in [2.05, 4.69) is 20.5 Å². The number of carbonyl (C=O) groups excluding carboxylic acids is 2. The van der Waals surface area contributed by atoms with Gasteiger partial charge in [-0.1, -0.05) is 18.2 Å². The number of hydrogen-bond donors (Lipinski definition) is 1. The molecule has 13 heteroatoms. The molecule has 1 N–H and O–H groups in total. The molecule has 2 aromatic heterocycles. The molecular weight excluding hydrogens is 547 g/mol. The Bertz CT molecular complexity index is 1500. The van der Waals surface area contributed by atoms with E-state index in [1.807, 2.05) is 6.07 Å². The van der Waals surface area contributed by atoms with Crippen LogP contribution in [0.3, 0.4) is 0 Å². The number of alkyl halides is 3. The fraction of sp³-hybridized carbons (Fsp3) is 0.464. The van der Waals surface area contributed by atoms with Crippen molar-refractivity contribution in [2.75, 3.05) is 18.4 Å². The maximum Gasteiger partial charge on any atom is 0.396 e. The van der Waals surface area contributed by atoms with E-state index in [4.69, 9.17) is 0 Å². The highest BCUT2D eigenvalue weighted by molar-refractivity contribution is 6.05. The van der Waals surface area contributed by atoms with Gasteiger partial charge in [0.2, 0.25) is 11.8 Å². The number of amides is 2. The van der Waals surface area contributed by atoms with Gasteiger partial charge in [-0.15, -0.1) is 10.2 Å². The minimum absolute atomic E-state index is 0.0279. The molecule has 3 aliphatic rings. The minimum atomic E-state index is -4.55. The molecule has 0 unspecified atom stereocenters. The first kappa shape index (κ1) is 27.3. The van der Waals surface area contributed by atoms with Crippen LogP contribution in [0.2, 0.25) is 0 Å². The Labute approximate surface area is 232 Å². The summed E-state index contributed by atoms with van der Waals surface area (Å²) in [7, 11) is 0. The number of halogens is 5. The van der Waals surface area contributed by atoms with Crippen molar-refractivity contribution in [2.24, 2.45) is 0 Å². The number of nitrogens with zero attached hydrogens (tertiary/aromatic N) is 5. The predicted octanol–water partition coefficient (Wildman–Crippen LogP) is 4.62. The number of rotatable bonds is 4. The number of piperidine rings is 1. The summed E-state index contributed by atoms with van der Waals surface area (Å²) in [5.74, 6) is -3.15.